The molecule has 0 aliphatic heterocycles. The van der Waals surface area contributed by atoms with E-state index in [4.69, 9.17) is 4.74 Å². The third-order valence-corrected chi connectivity index (χ3v) is 2.59. The maximum atomic E-state index is 5.40. The lowest BCUT2D eigenvalue weighted by molar-refractivity contribution is 0.144. The van der Waals surface area contributed by atoms with Crippen molar-refractivity contribution in [3.63, 3.8) is 0 Å². The van der Waals surface area contributed by atoms with Crippen LogP contribution in [0.1, 0.15) is 18.9 Å². The van der Waals surface area contributed by atoms with Gasteiger partial charge in [0.15, 0.2) is 0 Å². The van der Waals surface area contributed by atoms with Crippen molar-refractivity contribution < 1.29 is 4.74 Å². The highest BCUT2D eigenvalue weighted by Gasteiger charge is 1.97. The van der Waals surface area contributed by atoms with Crippen LogP contribution in [0.25, 0.3) is 0 Å². The van der Waals surface area contributed by atoms with Gasteiger partial charge in [-0.3, -0.25) is 0 Å². The molecule has 0 atom stereocenters. The number of ether oxygens (including phenoxy) is 1. The molecule has 0 aromatic heterocycles. The van der Waals surface area contributed by atoms with Gasteiger partial charge in [-0.1, -0.05) is 22.9 Å². The first-order chi connectivity index (χ1) is 7.24. The van der Waals surface area contributed by atoms with E-state index in [0.717, 1.165) is 30.7 Å². The van der Waals surface area contributed by atoms with Crippen molar-refractivity contribution >= 4 is 21.6 Å². The summed E-state index contributed by atoms with van der Waals surface area (Å²) in [6.45, 7) is 6.69. The van der Waals surface area contributed by atoms with Crippen LogP contribution in [0.3, 0.4) is 0 Å². The maximum Gasteiger partial charge on any atom is 0.0639 e. The van der Waals surface area contributed by atoms with E-state index < -0.39 is 0 Å². The van der Waals surface area contributed by atoms with Crippen molar-refractivity contribution in [3.8, 4) is 0 Å². The average molecular weight is 272 g/mol. The van der Waals surface area contributed by atoms with Crippen LogP contribution in [0, 0.1) is 6.92 Å². The molecule has 1 rings (SSSR count). The summed E-state index contributed by atoms with van der Waals surface area (Å²) in [4.78, 5) is 0. The molecule has 0 aliphatic rings. The quantitative estimate of drug-likeness (QED) is 0.799. The number of halogens is 1. The van der Waals surface area contributed by atoms with Gasteiger partial charge < -0.3 is 10.1 Å². The monoisotopic (exact) mass is 271 g/mol. The van der Waals surface area contributed by atoms with Gasteiger partial charge in [0.25, 0.3) is 0 Å². The number of nitrogens with one attached hydrogen (secondary N) is 1. The number of aryl methyl sites for hydroxylation is 1. The maximum absolute atomic E-state index is 5.40. The number of hydrogen-bond acceptors (Lipinski definition) is 2. The Bertz CT molecular complexity index is 302. The number of benzene rings is 1. The van der Waals surface area contributed by atoms with Crippen molar-refractivity contribution in [1.29, 1.82) is 0 Å². The molecule has 0 radical (unpaired) electrons. The fourth-order valence-electron chi connectivity index (χ4n) is 1.33. The van der Waals surface area contributed by atoms with Crippen LogP contribution in [0.2, 0.25) is 0 Å². The standard InChI is InChI=1S/C12H18BrNO/c1-3-7-15-8-6-14-12-5-4-11(13)9-10(12)2/h4-5,9,14H,3,6-8H2,1-2H3. The molecular weight excluding hydrogens is 254 g/mol. The molecule has 84 valence electrons. The summed E-state index contributed by atoms with van der Waals surface area (Å²) in [6.07, 6.45) is 1.08. The number of rotatable bonds is 6. The molecule has 0 aliphatic carbocycles. The zero-order chi connectivity index (χ0) is 11.1. The van der Waals surface area contributed by atoms with Gasteiger partial charge in [-0.25, -0.2) is 0 Å². The van der Waals surface area contributed by atoms with Crippen molar-refractivity contribution in [2.45, 2.75) is 20.3 Å². The van der Waals surface area contributed by atoms with Crippen LogP contribution in [0.15, 0.2) is 22.7 Å². The fraction of sp³-hybridized carbons (Fsp3) is 0.500. The molecular formula is C12H18BrNO. The van der Waals surface area contributed by atoms with Crippen LogP contribution < -0.4 is 5.32 Å². The third-order valence-electron chi connectivity index (χ3n) is 2.10. The van der Waals surface area contributed by atoms with E-state index in [1.54, 1.807) is 0 Å². The Kier molecular flexibility index (Phi) is 5.73. The Balaban J connectivity index is 2.31. The predicted molar refractivity (Wildman–Crippen MR) is 68.5 cm³/mol. The molecule has 0 unspecified atom stereocenters. The summed E-state index contributed by atoms with van der Waals surface area (Å²) in [5.74, 6) is 0. The molecule has 0 spiro atoms. The Morgan fingerprint density at radius 1 is 1.33 bits per heavy atom. The van der Waals surface area contributed by atoms with Gasteiger partial charge in [0.05, 0.1) is 6.61 Å². The first kappa shape index (κ1) is 12.5. The minimum atomic E-state index is 0.767. The topological polar surface area (TPSA) is 21.3 Å². The van der Waals surface area contributed by atoms with Crippen molar-refractivity contribution in [2.75, 3.05) is 25.1 Å². The Morgan fingerprint density at radius 2 is 2.13 bits per heavy atom. The van der Waals surface area contributed by atoms with Gasteiger partial charge in [0, 0.05) is 23.3 Å². The van der Waals surface area contributed by atoms with Crippen LogP contribution >= 0.6 is 15.9 Å². The molecule has 0 saturated heterocycles. The van der Waals surface area contributed by atoms with E-state index in [0.29, 0.717) is 0 Å². The second-order valence-corrected chi connectivity index (χ2v) is 4.41. The summed E-state index contributed by atoms with van der Waals surface area (Å²) in [7, 11) is 0. The minimum Gasteiger partial charge on any atom is -0.383 e. The molecule has 15 heavy (non-hydrogen) atoms. The molecule has 0 amide bonds. The summed E-state index contributed by atoms with van der Waals surface area (Å²) in [5, 5.41) is 3.35. The van der Waals surface area contributed by atoms with E-state index in [1.165, 1.54) is 11.3 Å². The van der Waals surface area contributed by atoms with Gasteiger partial charge >= 0.3 is 0 Å². The summed E-state index contributed by atoms with van der Waals surface area (Å²) in [6, 6.07) is 6.23. The van der Waals surface area contributed by atoms with E-state index >= 15 is 0 Å². The van der Waals surface area contributed by atoms with Crippen LogP contribution in [-0.4, -0.2) is 19.8 Å². The van der Waals surface area contributed by atoms with Crippen LogP contribution in [-0.2, 0) is 4.74 Å². The highest BCUT2D eigenvalue weighted by Crippen LogP contribution is 2.19. The molecule has 2 nitrogen and oxygen atoms in total. The smallest absolute Gasteiger partial charge is 0.0639 e. The molecule has 0 fully saturated rings. The second kappa shape index (κ2) is 6.85. The first-order valence-electron chi connectivity index (χ1n) is 5.32. The lowest BCUT2D eigenvalue weighted by atomic mass is 10.2. The molecule has 0 heterocycles. The van der Waals surface area contributed by atoms with Gasteiger partial charge in [-0.2, -0.15) is 0 Å². The van der Waals surface area contributed by atoms with E-state index in [1.807, 2.05) is 6.07 Å². The third kappa shape index (κ3) is 4.67. The average Bonchev–Trinajstić information content (AvgIpc) is 2.20. The van der Waals surface area contributed by atoms with E-state index in [-0.39, 0.29) is 0 Å². The molecule has 1 N–H and O–H groups in total. The van der Waals surface area contributed by atoms with Gasteiger partial charge in [0.2, 0.25) is 0 Å². The lowest BCUT2D eigenvalue weighted by Gasteiger charge is -2.09. The Morgan fingerprint density at radius 3 is 2.80 bits per heavy atom. The molecule has 3 heteroatoms. The number of hydrogen-bond donors (Lipinski definition) is 1. The molecule has 0 bridgehead atoms. The Labute approximate surface area is 100 Å². The molecule has 0 saturated carbocycles. The fourth-order valence-corrected chi connectivity index (χ4v) is 1.81. The van der Waals surface area contributed by atoms with Crippen molar-refractivity contribution in [1.82, 2.24) is 0 Å². The van der Waals surface area contributed by atoms with Gasteiger partial charge in [0.1, 0.15) is 0 Å². The zero-order valence-corrected chi connectivity index (χ0v) is 10.9. The minimum absolute atomic E-state index is 0.767. The van der Waals surface area contributed by atoms with Gasteiger partial charge in [-0.05, 0) is 37.1 Å². The van der Waals surface area contributed by atoms with E-state index in [9.17, 15) is 0 Å². The lowest BCUT2D eigenvalue weighted by Crippen LogP contribution is -2.10. The first-order valence-corrected chi connectivity index (χ1v) is 6.11. The molecule has 1 aromatic carbocycles. The largest absolute Gasteiger partial charge is 0.383 e. The summed E-state index contributed by atoms with van der Waals surface area (Å²) < 4.78 is 6.51. The van der Waals surface area contributed by atoms with Gasteiger partial charge in [-0.15, -0.1) is 0 Å². The van der Waals surface area contributed by atoms with E-state index in [2.05, 4.69) is 47.2 Å². The SMILES string of the molecule is CCCOCCNc1ccc(Br)cc1C. The highest BCUT2D eigenvalue weighted by atomic mass is 79.9. The highest BCUT2D eigenvalue weighted by molar-refractivity contribution is 9.10. The number of anilines is 1. The summed E-state index contributed by atoms with van der Waals surface area (Å²) in [5.41, 5.74) is 2.43. The predicted octanol–water partition coefficient (Wildman–Crippen LogP) is 3.60. The molecule has 1 aromatic rings. The Hall–Kier alpha value is -0.540. The second-order valence-electron chi connectivity index (χ2n) is 3.50. The van der Waals surface area contributed by atoms with Crippen molar-refractivity contribution in [2.24, 2.45) is 0 Å². The summed E-state index contributed by atoms with van der Waals surface area (Å²) >= 11 is 3.45. The zero-order valence-electron chi connectivity index (χ0n) is 9.35. The van der Waals surface area contributed by atoms with Crippen molar-refractivity contribution in [3.05, 3.63) is 28.2 Å². The van der Waals surface area contributed by atoms with Crippen LogP contribution in [0.5, 0.6) is 0 Å². The van der Waals surface area contributed by atoms with Crippen LogP contribution in [0.4, 0.5) is 5.69 Å². The normalized spacial score (nSPS) is 10.3.